The highest BCUT2D eigenvalue weighted by Crippen LogP contribution is 2.22. The van der Waals surface area contributed by atoms with Gasteiger partial charge in [-0.05, 0) is 40.0 Å². The highest BCUT2D eigenvalue weighted by molar-refractivity contribution is 5.85. The maximum absolute atomic E-state index is 12.1. The van der Waals surface area contributed by atoms with E-state index in [1.807, 2.05) is 19.0 Å². The van der Waals surface area contributed by atoms with E-state index < -0.39 is 5.60 Å². The third-order valence-corrected chi connectivity index (χ3v) is 3.06. The van der Waals surface area contributed by atoms with Gasteiger partial charge in [-0.3, -0.25) is 4.79 Å². The first-order chi connectivity index (χ1) is 7.60. The van der Waals surface area contributed by atoms with Crippen molar-refractivity contribution in [2.24, 2.45) is 0 Å². The molecule has 0 radical (unpaired) electrons. The van der Waals surface area contributed by atoms with Gasteiger partial charge in [-0.15, -0.1) is 0 Å². The molecule has 0 aromatic heterocycles. The van der Waals surface area contributed by atoms with Gasteiger partial charge in [-0.2, -0.15) is 0 Å². The van der Waals surface area contributed by atoms with Crippen LogP contribution < -0.4 is 10.6 Å². The van der Waals surface area contributed by atoms with Crippen LogP contribution in [0, 0.1) is 0 Å². The SMILES string of the molecule is COC1(C(=O)NCCN(C)C)CCNCC1. The van der Waals surface area contributed by atoms with E-state index in [4.69, 9.17) is 4.74 Å². The smallest absolute Gasteiger partial charge is 0.252 e. The molecule has 1 saturated heterocycles. The number of piperidine rings is 1. The minimum absolute atomic E-state index is 0.0263. The number of amides is 1. The van der Waals surface area contributed by atoms with Crippen LogP contribution in [0.2, 0.25) is 0 Å². The van der Waals surface area contributed by atoms with Crippen molar-refractivity contribution in [3.05, 3.63) is 0 Å². The van der Waals surface area contributed by atoms with E-state index in [9.17, 15) is 4.79 Å². The van der Waals surface area contributed by atoms with Gasteiger partial charge in [-0.1, -0.05) is 0 Å². The van der Waals surface area contributed by atoms with Crippen LogP contribution in [-0.4, -0.2) is 63.8 Å². The molecular weight excluding hydrogens is 206 g/mol. The number of carbonyl (C=O) groups excluding carboxylic acids is 1. The van der Waals surface area contributed by atoms with Gasteiger partial charge in [0, 0.05) is 20.2 Å². The van der Waals surface area contributed by atoms with Crippen molar-refractivity contribution in [3.63, 3.8) is 0 Å². The van der Waals surface area contributed by atoms with Crippen molar-refractivity contribution in [1.29, 1.82) is 0 Å². The molecule has 0 spiro atoms. The van der Waals surface area contributed by atoms with E-state index >= 15 is 0 Å². The summed E-state index contributed by atoms with van der Waals surface area (Å²) < 4.78 is 5.43. The lowest BCUT2D eigenvalue weighted by Gasteiger charge is -2.34. The number of rotatable bonds is 5. The number of nitrogens with zero attached hydrogens (tertiary/aromatic N) is 1. The van der Waals surface area contributed by atoms with Crippen LogP contribution in [0.25, 0.3) is 0 Å². The zero-order valence-corrected chi connectivity index (χ0v) is 10.5. The van der Waals surface area contributed by atoms with Crippen molar-refractivity contribution >= 4 is 5.91 Å². The molecule has 1 aliphatic heterocycles. The minimum Gasteiger partial charge on any atom is -0.368 e. The molecule has 1 rings (SSSR count). The Bertz CT molecular complexity index is 225. The Morgan fingerprint density at radius 1 is 1.44 bits per heavy atom. The first kappa shape index (κ1) is 13.4. The molecule has 0 saturated carbocycles. The van der Waals surface area contributed by atoms with Crippen molar-refractivity contribution in [2.75, 3.05) is 47.4 Å². The predicted molar refractivity (Wildman–Crippen MR) is 63.4 cm³/mol. The minimum atomic E-state index is -0.614. The van der Waals surface area contributed by atoms with Crippen LogP contribution in [0.15, 0.2) is 0 Å². The molecule has 16 heavy (non-hydrogen) atoms. The summed E-state index contributed by atoms with van der Waals surface area (Å²) in [6.07, 6.45) is 1.49. The van der Waals surface area contributed by atoms with Crippen molar-refractivity contribution in [1.82, 2.24) is 15.5 Å². The van der Waals surface area contributed by atoms with Gasteiger partial charge in [0.25, 0.3) is 5.91 Å². The molecule has 0 aliphatic carbocycles. The average molecular weight is 229 g/mol. The Labute approximate surface area is 97.5 Å². The lowest BCUT2D eigenvalue weighted by molar-refractivity contribution is -0.146. The summed E-state index contributed by atoms with van der Waals surface area (Å²) in [5.41, 5.74) is -0.614. The van der Waals surface area contributed by atoms with E-state index in [0.29, 0.717) is 6.54 Å². The zero-order chi connectivity index (χ0) is 12.0. The van der Waals surface area contributed by atoms with Crippen LogP contribution in [0.5, 0.6) is 0 Å². The Balaban J connectivity index is 2.42. The molecule has 2 N–H and O–H groups in total. The predicted octanol–water partition coefficient (Wildman–Crippen LogP) is -0.567. The molecule has 94 valence electrons. The van der Waals surface area contributed by atoms with Crippen LogP contribution in [0.4, 0.5) is 0 Å². The third-order valence-electron chi connectivity index (χ3n) is 3.06. The van der Waals surface area contributed by atoms with Gasteiger partial charge in [0.15, 0.2) is 0 Å². The first-order valence-corrected chi connectivity index (χ1v) is 5.79. The van der Waals surface area contributed by atoms with Crippen molar-refractivity contribution in [3.8, 4) is 0 Å². The monoisotopic (exact) mass is 229 g/mol. The molecule has 1 heterocycles. The normalized spacial score (nSPS) is 19.8. The van der Waals surface area contributed by atoms with Gasteiger partial charge in [-0.25, -0.2) is 0 Å². The number of hydrogen-bond acceptors (Lipinski definition) is 4. The molecule has 0 aromatic rings. The van der Waals surface area contributed by atoms with Gasteiger partial charge in [0.2, 0.25) is 0 Å². The lowest BCUT2D eigenvalue weighted by atomic mass is 9.91. The number of methoxy groups -OCH3 is 1. The Kier molecular flexibility index (Phi) is 5.18. The zero-order valence-electron chi connectivity index (χ0n) is 10.5. The quantitative estimate of drug-likeness (QED) is 0.663. The van der Waals surface area contributed by atoms with E-state index in [1.54, 1.807) is 7.11 Å². The summed E-state index contributed by atoms with van der Waals surface area (Å²) in [4.78, 5) is 14.1. The van der Waals surface area contributed by atoms with E-state index in [-0.39, 0.29) is 5.91 Å². The fraction of sp³-hybridized carbons (Fsp3) is 0.909. The molecule has 1 aliphatic rings. The van der Waals surface area contributed by atoms with Crippen molar-refractivity contribution in [2.45, 2.75) is 18.4 Å². The van der Waals surface area contributed by atoms with Crippen LogP contribution in [0.1, 0.15) is 12.8 Å². The number of carbonyl (C=O) groups is 1. The molecule has 0 aromatic carbocycles. The molecule has 0 unspecified atom stereocenters. The second-order valence-electron chi connectivity index (χ2n) is 4.51. The van der Waals surface area contributed by atoms with Crippen LogP contribution in [-0.2, 0) is 9.53 Å². The third kappa shape index (κ3) is 3.43. The molecule has 5 nitrogen and oxygen atoms in total. The van der Waals surface area contributed by atoms with Gasteiger partial charge >= 0.3 is 0 Å². The van der Waals surface area contributed by atoms with Crippen LogP contribution in [0.3, 0.4) is 0 Å². The van der Waals surface area contributed by atoms with Gasteiger partial charge < -0.3 is 20.3 Å². The summed E-state index contributed by atoms with van der Waals surface area (Å²) in [5.74, 6) is 0.0263. The standard InChI is InChI=1S/C11H23N3O2/c1-14(2)9-8-13-10(15)11(16-3)4-6-12-7-5-11/h12H,4-9H2,1-3H3,(H,13,15). The maximum Gasteiger partial charge on any atom is 0.252 e. The molecular formula is C11H23N3O2. The molecule has 5 heteroatoms. The first-order valence-electron chi connectivity index (χ1n) is 5.79. The second-order valence-corrected chi connectivity index (χ2v) is 4.51. The highest BCUT2D eigenvalue weighted by Gasteiger charge is 2.39. The number of likely N-dealkylation sites (N-methyl/N-ethyl adjacent to an activating group) is 1. The fourth-order valence-corrected chi connectivity index (χ4v) is 1.91. The van der Waals surface area contributed by atoms with Crippen LogP contribution >= 0.6 is 0 Å². The van der Waals surface area contributed by atoms with Gasteiger partial charge in [0.05, 0.1) is 0 Å². The van der Waals surface area contributed by atoms with E-state index in [1.165, 1.54) is 0 Å². The molecule has 0 atom stereocenters. The van der Waals surface area contributed by atoms with E-state index in [2.05, 4.69) is 10.6 Å². The highest BCUT2D eigenvalue weighted by atomic mass is 16.5. The fourth-order valence-electron chi connectivity index (χ4n) is 1.91. The molecule has 1 amide bonds. The summed E-state index contributed by atoms with van der Waals surface area (Å²) in [7, 11) is 5.60. The summed E-state index contributed by atoms with van der Waals surface area (Å²) in [6, 6.07) is 0. The van der Waals surface area contributed by atoms with E-state index in [0.717, 1.165) is 32.5 Å². The summed E-state index contributed by atoms with van der Waals surface area (Å²) in [6.45, 7) is 3.21. The number of nitrogens with one attached hydrogen (secondary N) is 2. The Morgan fingerprint density at radius 3 is 2.56 bits per heavy atom. The second kappa shape index (κ2) is 6.18. The largest absolute Gasteiger partial charge is 0.368 e. The molecule has 1 fully saturated rings. The Hall–Kier alpha value is -0.650. The summed E-state index contributed by atoms with van der Waals surface area (Å²) in [5, 5.41) is 6.18. The molecule has 0 bridgehead atoms. The Morgan fingerprint density at radius 2 is 2.06 bits per heavy atom. The topological polar surface area (TPSA) is 53.6 Å². The lowest BCUT2D eigenvalue weighted by Crippen LogP contribution is -2.54. The number of hydrogen-bond donors (Lipinski definition) is 2. The maximum atomic E-state index is 12.1. The average Bonchev–Trinajstić information content (AvgIpc) is 2.29. The number of ether oxygens (including phenoxy) is 1. The summed E-state index contributed by atoms with van der Waals surface area (Å²) >= 11 is 0. The van der Waals surface area contributed by atoms with Gasteiger partial charge in [0.1, 0.15) is 5.60 Å². The van der Waals surface area contributed by atoms with Crippen molar-refractivity contribution < 1.29 is 9.53 Å².